The zero-order valence-electron chi connectivity index (χ0n) is 14.7. The Kier molecular flexibility index (Phi) is 5.29. The van der Waals surface area contributed by atoms with Crippen LogP contribution in [0.3, 0.4) is 0 Å². The number of carbonyl (C=O) groups is 2. The molecule has 1 aliphatic rings. The maximum atomic E-state index is 12.8. The fourth-order valence-corrected chi connectivity index (χ4v) is 3.05. The van der Waals surface area contributed by atoms with E-state index in [0.29, 0.717) is 37.5 Å². The van der Waals surface area contributed by atoms with E-state index in [1.807, 2.05) is 44.7 Å². The molecular formula is C18H26N2O3. The van der Waals surface area contributed by atoms with Crippen molar-refractivity contribution < 1.29 is 14.3 Å². The number of benzene rings is 1. The van der Waals surface area contributed by atoms with Crippen LogP contribution >= 0.6 is 0 Å². The highest BCUT2D eigenvalue weighted by molar-refractivity contribution is 5.97. The number of carbonyl (C=O) groups excluding carboxylic acids is 2. The van der Waals surface area contributed by atoms with Crippen LogP contribution < -0.4 is 4.74 Å². The number of aryl methyl sites for hydroxylation is 2. The normalized spacial score (nSPS) is 15.0. The van der Waals surface area contributed by atoms with E-state index in [1.165, 1.54) is 0 Å². The number of amides is 2. The molecule has 0 saturated carbocycles. The minimum absolute atomic E-state index is 0.00299. The second-order valence-corrected chi connectivity index (χ2v) is 6.43. The van der Waals surface area contributed by atoms with Crippen molar-refractivity contribution in [2.45, 2.75) is 27.7 Å². The largest absolute Gasteiger partial charge is 0.496 e. The molecule has 1 heterocycles. The highest BCUT2D eigenvalue weighted by Gasteiger charge is 2.27. The summed E-state index contributed by atoms with van der Waals surface area (Å²) in [6.07, 6.45) is 0. The molecule has 1 aromatic rings. The first-order valence-corrected chi connectivity index (χ1v) is 8.08. The predicted molar refractivity (Wildman–Crippen MR) is 89.8 cm³/mol. The first-order valence-electron chi connectivity index (χ1n) is 8.08. The summed E-state index contributed by atoms with van der Waals surface area (Å²) in [5.41, 5.74) is 2.61. The molecule has 1 aliphatic heterocycles. The third-order valence-electron chi connectivity index (χ3n) is 4.23. The molecule has 2 amide bonds. The quantitative estimate of drug-likeness (QED) is 0.859. The van der Waals surface area contributed by atoms with Gasteiger partial charge in [0.15, 0.2) is 0 Å². The molecule has 1 saturated heterocycles. The lowest BCUT2D eigenvalue weighted by atomic mass is 10.0. The molecule has 0 spiro atoms. The van der Waals surface area contributed by atoms with Crippen molar-refractivity contribution in [1.82, 2.24) is 9.80 Å². The van der Waals surface area contributed by atoms with Crippen molar-refractivity contribution in [1.29, 1.82) is 0 Å². The summed E-state index contributed by atoms with van der Waals surface area (Å²) in [5.74, 6) is 0.768. The number of methoxy groups -OCH3 is 1. The first-order chi connectivity index (χ1) is 10.8. The Hall–Kier alpha value is -2.04. The lowest BCUT2D eigenvalue weighted by Gasteiger charge is -2.36. The second-order valence-electron chi connectivity index (χ2n) is 6.43. The average molecular weight is 318 g/mol. The zero-order valence-corrected chi connectivity index (χ0v) is 14.7. The topological polar surface area (TPSA) is 49.9 Å². The van der Waals surface area contributed by atoms with E-state index in [2.05, 4.69) is 0 Å². The number of hydrogen-bond donors (Lipinski definition) is 0. The number of rotatable bonds is 3. The molecule has 1 aromatic carbocycles. The molecule has 0 unspecified atom stereocenters. The molecule has 5 heteroatoms. The Balaban J connectivity index is 2.13. The van der Waals surface area contributed by atoms with Crippen molar-refractivity contribution in [2.75, 3.05) is 33.3 Å². The van der Waals surface area contributed by atoms with Gasteiger partial charge in [0.2, 0.25) is 5.91 Å². The van der Waals surface area contributed by atoms with Gasteiger partial charge in [-0.3, -0.25) is 9.59 Å². The third kappa shape index (κ3) is 3.66. The molecule has 2 rings (SSSR count). The van der Waals surface area contributed by atoms with Gasteiger partial charge < -0.3 is 14.5 Å². The Morgan fingerprint density at radius 3 is 2.13 bits per heavy atom. The van der Waals surface area contributed by atoms with Crippen LogP contribution in [-0.4, -0.2) is 54.9 Å². The third-order valence-corrected chi connectivity index (χ3v) is 4.23. The number of nitrogens with zero attached hydrogens (tertiary/aromatic N) is 2. The Morgan fingerprint density at radius 2 is 1.61 bits per heavy atom. The highest BCUT2D eigenvalue weighted by atomic mass is 16.5. The summed E-state index contributed by atoms with van der Waals surface area (Å²) >= 11 is 0. The van der Waals surface area contributed by atoms with Crippen LogP contribution in [0.5, 0.6) is 5.75 Å². The fourth-order valence-electron chi connectivity index (χ4n) is 3.05. The molecule has 5 nitrogen and oxygen atoms in total. The standard InChI is InChI=1S/C18H26N2O3/c1-12(2)17(21)19-6-8-20(9-7-19)18(22)15-11-13(3)10-14(4)16(15)23-5/h10-12H,6-9H2,1-5H3. The fraction of sp³-hybridized carbons (Fsp3) is 0.556. The maximum absolute atomic E-state index is 12.8. The predicted octanol–water partition coefficient (Wildman–Crippen LogP) is 2.25. The monoisotopic (exact) mass is 318 g/mol. The molecule has 0 aliphatic carbocycles. The SMILES string of the molecule is COc1c(C)cc(C)cc1C(=O)N1CCN(C(=O)C(C)C)CC1. The van der Waals surface area contributed by atoms with Crippen molar-refractivity contribution in [3.63, 3.8) is 0 Å². The van der Waals surface area contributed by atoms with E-state index in [1.54, 1.807) is 12.0 Å². The molecule has 126 valence electrons. The average Bonchev–Trinajstić information content (AvgIpc) is 2.52. The van der Waals surface area contributed by atoms with E-state index in [9.17, 15) is 9.59 Å². The lowest BCUT2D eigenvalue weighted by Crippen LogP contribution is -2.51. The summed E-state index contributed by atoms with van der Waals surface area (Å²) in [4.78, 5) is 28.5. The van der Waals surface area contributed by atoms with Gasteiger partial charge in [0.1, 0.15) is 5.75 Å². The lowest BCUT2D eigenvalue weighted by molar-refractivity contribution is -0.135. The van der Waals surface area contributed by atoms with Crippen molar-refractivity contribution in [3.8, 4) is 5.75 Å². The molecule has 0 bridgehead atoms. The summed E-state index contributed by atoms with van der Waals surface area (Å²) in [6.45, 7) is 10.0. The van der Waals surface area contributed by atoms with Gasteiger partial charge in [0.25, 0.3) is 5.91 Å². The van der Waals surface area contributed by atoms with Gasteiger partial charge in [-0.2, -0.15) is 0 Å². The Morgan fingerprint density at radius 1 is 1.04 bits per heavy atom. The van der Waals surface area contributed by atoms with Crippen LogP contribution in [-0.2, 0) is 4.79 Å². The minimum atomic E-state index is -0.0229. The Bertz CT molecular complexity index is 603. The number of piperazine rings is 1. The van der Waals surface area contributed by atoms with E-state index < -0.39 is 0 Å². The second kappa shape index (κ2) is 7.02. The first kappa shape index (κ1) is 17.3. The van der Waals surface area contributed by atoms with Crippen molar-refractivity contribution in [2.24, 2.45) is 5.92 Å². The van der Waals surface area contributed by atoms with Gasteiger partial charge >= 0.3 is 0 Å². The van der Waals surface area contributed by atoms with E-state index >= 15 is 0 Å². The molecule has 0 N–H and O–H groups in total. The van der Waals surface area contributed by atoms with E-state index in [4.69, 9.17) is 4.74 Å². The molecule has 1 fully saturated rings. The van der Waals surface area contributed by atoms with Gasteiger partial charge in [-0.15, -0.1) is 0 Å². The van der Waals surface area contributed by atoms with Crippen molar-refractivity contribution >= 4 is 11.8 Å². The van der Waals surface area contributed by atoms with Gasteiger partial charge in [-0.1, -0.05) is 19.9 Å². The highest BCUT2D eigenvalue weighted by Crippen LogP contribution is 2.26. The van der Waals surface area contributed by atoms with Gasteiger partial charge in [-0.05, 0) is 31.0 Å². The summed E-state index contributed by atoms with van der Waals surface area (Å²) < 4.78 is 5.42. The minimum Gasteiger partial charge on any atom is -0.496 e. The Labute approximate surface area is 138 Å². The maximum Gasteiger partial charge on any atom is 0.257 e. The van der Waals surface area contributed by atoms with Gasteiger partial charge in [-0.25, -0.2) is 0 Å². The van der Waals surface area contributed by atoms with Gasteiger partial charge in [0, 0.05) is 32.1 Å². The van der Waals surface area contributed by atoms with Crippen LogP contribution in [0.2, 0.25) is 0 Å². The molecule has 23 heavy (non-hydrogen) atoms. The van der Waals surface area contributed by atoms with Crippen LogP contribution in [0.1, 0.15) is 35.3 Å². The number of hydrogen-bond acceptors (Lipinski definition) is 3. The van der Waals surface area contributed by atoms with E-state index in [0.717, 1.165) is 11.1 Å². The molecule has 0 radical (unpaired) electrons. The summed E-state index contributed by atoms with van der Waals surface area (Å²) in [5, 5.41) is 0. The molecular weight excluding hydrogens is 292 g/mol. The summed E-state index contributed by atoms with van der Waals surface area (Å²) in [6, 6.07) is 3.88. The van der Waals surface area contributed by atoms with Gasteiger partial charge in [0.05, 0.1) is 12.7 Å². The molecule has 0 atom stereocenters. The van der Waals surface area contributed by atoms with Crippen molar-refractivity contribution in [3.05, 3.63) is 28.8 Å². The van der Waals surface area contributed by atoms with Crippen LogP contribution in [0, 0.1) is 19.8 Å². The van der Waals surface area contributed by atoms with Crippen LogP contribution in [0.25, 0.3) is 0 Å². The van der Waals surface area contributed by atoms with E-state index in [-0.39, 0.29) is 17.7 Å². The zero-order chi connectivity index (χ0) is 17.1. The summed E-state index contributed by atoms with van der Waals surface area (Å²) in [7, 11) is 1.59. The van der Waals surface area contributed by atoms with Crippen LogP contribution in [0.15, 0.2) is 12.1 Å². The van der Waals surface area contributed by atoms with Crippen LogP contribution in [0.4, 0.5) is 0 Å². The number of ether oxygens (including phenoxy) is 1. The molecule has 0 aromatic heterocycles. The smallest absolute Gasteiger partial charge is 0.257 e.